The quantitative estimate of drug-likeness (QED) is 0.316. The minimum Gasteiger partial charge on any atom is -1.00 e. The zero-order chi connectivity index (χ0) is 25.8. The zero-order valence-electron chi connectivity index (χ0n) is 23.8. The fourth-order valence-corrected chi connectivity index (χ4v) is 13.4. The first-order valence-electron chi connectivity index (χ1n) is 15.5. The van der Waals surface area contributed by atoms with E-state index in [2.05, 4.69) is 28.7 Å². The van der Waals surface area contributed by atoms with Crippen LogP contribution in [0.4, 0.5) is 0 Å². The van der Waals surface area contributed by atoms with Crippen LogP contribution in [-0.2, 0) is 14.2 Å². The molecule has 0 unspecified atom stereocenters. The highest BCUT2D eigenvalue weighted by Crippen LogP contribution is 2.76. The molecule has 0 saturated carbocycles. The van der Waals surface area contributed by atoms with Gasteiger partial charge in [0, 0.05) is 78.5 Å². The Bertz CT molecular complexity index is 651. The molecule has 0 aromatic rings. The molecule has 226 valence electrons. The first-order chi connectivity index (χ1) is 18.7. The summed E-state index contributed by atoms with van der Waals surface area (Å²) in [5.41, 5.74) is 0. The maximum Gasteiger partial charge on any atom is 0.332 e. The number of nitrogens with zero attached hydrogens (tertiary/aromatic N) is 6. The molecule has 0 radical (unpaired) electrons. The zero-order valence-corrected chi connectivity index (χ0v) is 26.2. The first-order valence-corrected chi connectivity index (χ1v) is 18.1. The van der Waals surface area contributed by atoms with Gasteiger partial charge in [-0.25, -0.2) is 0 Å². The molecular weight excluding hydrogens is 558 g/mol. The van der Waals surface area contributed by atoms with Crippen LogP contribution in [-0.4, -0.2) is 165 Å². The first kappa shape index (κ1) is 31.1. The van der Waals surface area contributed by atoms with Crippen molar-refractivity contribution in [2.75, 3.05) is 118 Å². The van der Waals surface area contributed by atoms with Gasteiger partial charge in [0.1, 0.15) is 0 Å². The molecule has 0 spiro atoms. The van der Waals surface area contributed by atoms with E-state index in [-0.39, 0.29) is 12.4 Å². The third-order valence-electron chi connectivity index (χ3n) is 9.74. The Morgan fingerprint density at radius 3 is 1.05 bits per heavy atom. The van der Waals surface area contributed by atoms with Crippen molar-refractivity contribution in [3.05, 3.63) is 0 Å². The molecule has 9 nitrogen and oxygen atoms in total. The van der Waals surface area contributed by atoms with Gasteiger partial charge in [-0.1, -0.05) is 0 Å². The number of rotatable bonds is 9. The molecule has 6 aliphatic heterocycles. The van der Waals surface area contributed by atoms with Gasteiger partial charge in [-0.2, -0.15) is 0 Å². The van der Waals surface area contributed by atoms with Crippen LogP contribution >= 0.6 is 18.3 Å². The molecule has 39 heavy (non-hydrogen) atoms. The highest BCUT2D eigenvalue weighted by atomic mass is 35.7. The van der Waals surface area contributed by atoms with Crippen LogP contribution < -0.4 is 12.4 Å². The highest BCUT2D eigenvalue weighted by molar-refractivity contribution is 7.93. The van der Waals surface area contributed by atoms with E-state index in [1.54, 1.807) is 0 Å². The lowest BCUT2D eigenvalue weighted by molar-refractivity contribution is -0.0000171. The summed E-state index contributed by atoms with van der Waals surface area (Å²) >= 11 is 8.35. The van der Waals surface area contributed by atoms with Gasteiger partial charge >= 0.3 is 7.07 Å². The summed E-state index contributed by atoms with van der Waals surface area (Å²) in [6.07, 6.45) is 7.63. The van der Waals surface area contributed by atoms with Gasteiger partial charge in [-0.3, -0.25) is 14.7 Å². The topological polar surface area (TPSA) is 47.1 Å². The molecule has 0 aliphatic carbocycles. The fraction of sp³-hybridized carbons (Fsp3) is 1.00. The summed E-state index contributed by atoms with van der Waals surface area (Å²) in [6.45, 7) is 18.4. The maximum absolute atomic E-state index is 8.35. The molecule has 0 bridgehead atoms. The van der Waals surface area contributed by atoms with Crippen molar-refractivity contribution in [2.45, 2.75) is 56.7 Å². The van der Waals surface area contributed by atoms with Crippen molar-refractivity contribution < 1.29 is 26.6 Å². The van der Waals surface area contributed by atoms with Gasteiger partial charge in [-0.05, 0) is 38.5 Å². The van der Waals surface area contributed by atoms with Crippen LogP contribution in [0.15, 0.2) is 0 Å². The van der Waals surface area contributed by atoms with Gasteiger partial charge in [0.2, 0.25) is 0 Å². The lowest BCUT2D eigenvalue weighted by Gasteiger charge is -2.46. The maximum atomic E-state index is 8.35. The normalized spacial score (nSPS) is 33.6. The molecule has 12 heteroatoms. The monoisotopic (exact) mass is 608 g/mol. The van der Waals surface area contributed by atoms with E-state index < -0.39 is 7.07 Å². The Kier molecular flexibility index (Phi) is 11.9. The Morgan fingerprint density at radius 2 is 0.769 bits per heavy atom. The van der Waals surface area contributed by atoms with Gasteiger partial charge in [-0.15, -0.1) is 14.0 Å². The number of hydrogen-bond acceptors (Lipinski definition) is 9. The largest absolute Gasteiger partial charge is 1.00 e. The molecule has 6 rings (SSSR count). The molecule has 0 amide bonds. The summed E-state index contributed by atoms with van der Waals surface area (Å²) < 4.78 is 25.6. The molecule has 6 heterocycles. The third-order valence-corrected chi connectivity index (χ3v) is 15.0. The molecule has 0 N–H and O–H groups in total. The van der Waals surface area contributed by atoms with Crippen molar-refractivity contribution in [3.8, 4) is 0 Å². The number of hydrogen-bond donors (Lipinski definition) is 0. The smallest absolute Gasteiger partial charge is 0.332 e. The minimum atomic E-state index is -2.19. The van der Waals surface area contributed by atoms with Crippen LogP contribution in [0.1, 0.15) is 38.5 Å². The predicted octanol–water partition coefficient (Wildman–Crippen LogP) is -0.703. The summed E-state index contributed by atoms with van der Waals surface area (Å²) in [5, 5.41) is 0. The predicted molar refractivity (Wildman–Crippen MR) is 154 cm³/mol. The van der Waals surface area contributed by atoms with Crippen LogP contribution in [0, 0.1) is 0 Å². The van der Waals surface area contributed by atoms with E-state index in [0.29, 0.717) is 18.1 Å². The van der Waals surface area contributed by atoms with Crippen molar-refractivity contribution in [1.82, 2.24) is 28.7 Å². The fourth-order valence-electron chi connectivity index (χ4n) is 7.71. The van der Waals surface area contributed by atoms with E-state index in [0.717, 1.165) is 118 Å². The number of halogens is 2. The average Bonchev–Trinajstić information content (AvgIpc) is 3.72. The van der Waals surface area contributed by atoms with E-state index in [1.165, 1.54) is 38.5 Å². The number of morpholine rings is 3. The molecule has 6 saturated heterocycles. The molecule has 6 fully saturated rings. The second-order valence-electron chi connectivity index (χ2n) is 12.1. The Labute approximate surface area is 248 Å². The average molecular weight is 610 g/mol. The Morgan fingerprint density at radius 1 is 0.487 bits per heavy atom. The van der Waals surface area contributed by atoms with E-state index >= 15 is 0 Å². The van der Waals surface area contributed by atoms with Crippen molar-refractivity contribution in [2.24, 2.45) is 0 Å². The summed E-state index contributed by atoms with van der Waals surface area (Å²) in [5.74, 6) is 0. The Hall–Kier alpha value is 0.650. The van der Waals surface area contributed by atoms with Crippen molar-refractivity contribution in [1.29, 1.82) is 0 Å². The molecule has 0 aromatic carbocycles. The van der Waals surface area contributed by atoms with Gasteiger partial charge in [0.25, 0.3) is 0 Å². The van der Waals surface area contributed by atoms with Gasteiger partial charge < -0.3 is 26.6 Å². The Balaban J connectivity index is 0.00000308. The summed E-state index contributed by atoms with van der Waals surface area (Å²) in [4.78, 5) is 7.91. The van der Waals surface area contributed by atoms with E-state index in [1.807, 2.05) is 0 Å². The van der Waals surface area contributed by atoms with E-state index in [9.17, 15) is 0 Å². The minimum absolute atomic E-state index is 0. The SMILES string of the molecule is Cl[P+](N1CCC[C@H]1CN1CCOCC1)(N1CCC[C@H]1CN1CCOCC1)N1CCC[C@H]1CN1CCOCC1.[Cl-]. The molecule has 6 aliphatic rings. The lowest BCUT2D eigenvalue weighted by Crippen LogP contribution is -3.00. The third kappa shape index (κ3) is 7.25. The second kappa shape index (κ2) is 14.9. The van der Waals surface area contributed by atoms with Crippen LogP contribution in [0.2, 0.25) is 0 Å². The molecular formula is C27H51Cl2N6O3P. The summed E-state index contributed by atoms with van der Waals surface area (Å²) in [6, 6.07) is 1.65. The number of ether oxygens (including phenoxy) is 3. The molecule has 3 atom stereocenters. The van der Waals surface area contributed by atoms with Gasteiger partial charge in [0.05, 0.1) is 57.8 Å². The van der Waals surface area contributed by atoms with Gasteiger partial charge in [0.15, 0.2) is 11.2 Å². The second-order valence-corrected chi connectivity index (χ2v) is 16.0. The van der Waals surface area contributed by atoms with Crippen molar-refractivity contribution >= 4 is 18.3 Å². The van der Waals surface area contributed by atoms with Crippen LogP contribution in [0.3, 0.4) is 0 Å². The van der Waals surface area contributed by atoms with Crippen molar-refractivity contribution in [3.63, 3.8) is 0 Å². The standard InChI is InChI=1S/C27H51ClN6O3P.ClH/c28-38(32-7-1-4-25(32)22-29-10-16-35-17-11-29,33-8-2-5-26(33)23-30-12-18-36-19-13-30)34-9-3-6-27(34)24-31-14-20-37-21-15-31;/h25-27H,1-24H2;1H/q+1;/p-1/t25-,26-,27-;/m0./s1. The highest BCUT2D eigenvalue weighted by Gasteiger charge is 2.64. The summed E-state index contributed by atoms with van der Waals surface area (Å²) in [7, 11) is -2.19. The lowest BCUT2D eigenvalue weighted by atomic mass is 10.2. The van der Waals surface area contributed by atoms with Crippen LogP contribution in [0.25, 0.3) is 0 Å². The van der Waals surface area contributed by atoms with Crippen LogP contribution in [0.5, 0.6) is 0 Å². The van der Waals surface area contributed by atoms with E-state index in [4.69, 9.17) is 25.5 Å². The molecule has 0 aromatic heterocycles.